The number of nitrogens with two attached hydrogens (primary N) is 1. The van der Waals surface area contributed by atoms with Crippen molar-refractivity contribution in [1.82, 2.24) is 4.98 Å². The van der Waals surface area contributed by atoms with Gasteiger partial charge in [0.2, 0.25) is 5.91 Å². The van der Waals surface area contributed by atoms with Gasteiger partial charge in [0.15, 0.2) is 0 Å². The summed E-state index contributed by atoms with van der Waals surface area (Å²) in [7, 11) is 0. The highest BCUT2D eigenvalue weighted by Crippen LogP contribution is 2.19. The van der Waals surface area contributed by atoms with Crippen molar-refractivity contribution in [2.45, 2.75) is 19.8 Å². The molecule has 0 radical (unpaired) electrons. The van der Waals surface area contributed by atoms with Crippen LogP contribution in [0.3, 0.4) is 0 Å². The SMILES string of the molecule is Cc1c[nH]c2ccc(CCC(N)=O)cc12.Cl. The molecule has 0 aliphatic carbocycles. The maximum atomic E-state index is 10.7. The average molecular weight is 239 g/mol. The lowest BCUT2D eigenvalue weighted by atomic mass is 10.1. The van der Waals surface area contributed by atoms with Gasteiger partial charge in [-0.15, -0.1) is 12.4 Å². The zero-order chi connectivity index (χ0) is 10.8. The van der Waals surface area contributed by atoms with Gasteiger partial charge < -0.3 is 10.7 Å². The topological polar surface area (TPSA) is 58.9 Å². The summed E-state index contributed by atoms with van der Waals surface area (Å²) in [4.78, 5) is 13.9. The molecule has 1 aromatic heterocycles. The van der Waals surface area contributed by atoms with E-state index in [1.807, 2.05) is 18.3 Å². The Balaban J connectivity index is 0.00000128. The first-order valence-corrected chi connectivity index (χ1v) is 5.02. The van der Waals surface area contributed by atoms with Crippen LogP contribution in [0.4, 0.5) is 0 Å². The van der Waals surface area contributed by atoms with Crippen molar-refractivity contribution < 1.29 is 4.79 Å². The molecule has 0 aliphatic rings. The number of H-pyrrole nitrogens is 1. The van der Waals surface area contributed by atoms with E-state index in [1.165, 1.54) is 10.9 Å². The lowest BCUT2D eigenvalue weighted by Gasteiger charge is -2.00. The third-order valence-corrected chi connectivity index (χ3v) is 2.61. The normalized spacial score (nSPS) is 10.1. The van der Waals surface area contributed by atoms with E-state index in [9.17, 15) is 4.79 Å². The molecule has 16 heavy (non-hydrogen) atoms. The van der Waals surface area contributed by atoms with E-state index in [-0.39, 0.29) is 18.3 Å². The molecule has 1 amide bonds. The molecular weight excluding hydrogens is 224 g/mol. The zero-order valence-corrected chi connectivity index (χ0v) is 9.93. The van der Waals surface area contributed by atoms with Crippen LogP contribution in [0.1, 0.15) is 17.5 Å². The van der Waals surface area contributed by atoms with Gasteiger partial charge in [-0.3, -0.25) is 4.79 Å². The predicted molar refractivity (Wildman–Crippen MR) is 67.8 cm³/mol. The summed E-state index contributed by atoms with van der Waals surface area (Å²) in [6.45, 7) is 2.07. The fraction of sp³-hybridized carbons (Fsp3) is 0.250. The number of halogens is 1. The summed E-state index contributed by atoms with van der Waals surface area (Å²) in [6.07, 6.45) is 3.12. The molecule has 3 nitrogen and oxygen atoms in total. The minimum absolute atomic E-state index is 0. The van der Waals surface area contributed by atoms with Crippen LogP contribution in [0, 0.1) is 6.92 Å². The van der Waals surface area contributed by atoms with E-state index in [0.29, 0.717) is 6.42 Å². The van der Waals surface area contributed by atoms with Gasteiger partial charge in [0, 0.05) is 23.5 Å². The second kappa shape index (κ2) is 5.03. The highest BCUT2D eigenvalue weighted by molar-refractivity contribution is 5.85. The molecule has 1 aromatic carbocycles. The fourth-order valence-electron chi connectivity index (χ4n) is 1.73. The molecule has 4 heteroatoms. The Morgan fingerprint density at radius 2 is 2.19 bits per heavy atom. The van der Waals surface area contributed by atoms with Crippen molar-refractivity contribution in [2.75, 3.05) is 0 Å². The number of carbonyl (C=O) groups excluding carboxylic acids is 1. The zero-order valence-electron chi connectivity index (χ0n) is 9.12. The van der Waals surface area contributed by atoms with Crippen molar-refractivity contribution in [3.05, 3.63) is 35.5 Å². The van der Waals surface area contributed by atoms with E-state index in [1.54, 1.807) is 0 Å². The van der Waals surface area contributed by atoms with E-state index in [2.05, 4.69) is 18.0 Å². The fourth-order valence-corrected chi connectivity index (χ4v) is 1.73. The van der Waals surface area contributed by atoms with Gasteiger partial charge in [0.05, 0.1) is 0 Å². The molecule has 0 bridgehead atoms. The van der Waals surface area contributed by atoms with Crippen LogP contribution in [0.25, 0.3) is 10.9 Å². The molecular formula is C12H15ClN2O. The molecule has 0 saturated heterocycles. The van der Waals surface area contributed by atoms with E-state index >= 15 is 0 Å². The molecule has 0 aliphatic heterocycles. The summed E-state index contributed by atoms with van der Waals surface area (Å²) >= 11 is 0. The van der Waals surface area contributed by atoms with Crippen LogP contribution in [0.15, 0.2) is 24.4 Å². The van der Waals surface area contributed by atoms with Crippen molar-refractivity contribution in [2.24, 2.45) is 5.73 Å². The van der Waals surface area contributed by atoms with Crippen LogP contribution < -0.4 is 5.73 Å². The minimum Gasteiger partial charge on any atom is -0.370 e. The van der Waals surface area contributed by atoms with Gasteiger partial charge in [-0.25, -0.2) is 0 Å². The van der Waals surface area contributed by atoms with Crippen molar-refractivity contribution in [1.29, 1.82) is 0 Å². The Hall–Kier alpha value is -1.48. The molecule has 3 N–H and O–H groups in total. The molecule has 0 spiro atoms. The van der Waals surface area contributed by atoms with E-state index < -0.39 is 0 Å². The van der Waals surface area contributed by atoms with Gasteiger partial charge in [-0.2, -0.15) is 0 Å². The van der Waals surface area contributed by atoms with Gasteiger partial charge >= 0.3 is 0 Å². The number of hydrogen-bond acceptors (Lipinski definition) is 1. The summed E-state index contributed by atoms with van der Waals surface area (Å²) in [6, 6.07) is 6.18. The molecule has 0 saturated carbocycles. The van der Waals surface area contributed by atoms with Crippen LogP contribution in [0.5, 0.6) is 0 Å². The van der Waals surface area contributed by atoms with Gasteiger partial charge in [0.25, 0.3) is 0 Å². The summed E-state index contributed by atoms with van der Waals surface area (Å²) in [5.41, 5.74) is 8.64. The van der Waals surface area contributed by atoms with Crippen LogP contribution in [0.2, 0.25) is 0 Å². The minimum atomic E-state index is -0.249. The standard InChI is InChI=1S/C12H14N2O.ClH/c1-8-7-14-11-4-2-9(6-10(8)11)3-5-12(13)15;/h2,4,6-7,14H,3,5H2,1H3,(H2,13,15);1H. The Kier molecular flexibility index (Phi) is 3.96. The average Bonchev–Trinajstić information content (AvgIpc) is 2.57. The molecule has 0 unspecified atom stereocenters. The molecule has 2 aromatic rings. The molecule has 86 valence electrons. The Labute approximate surface area is 100 Å². The number of aromatic amines is 1. The van der Waals surface area contributed by atoms with Gasteiger partial charge in [0.1, 0.15) is 0 Å². The lowest BCUT2D eigenvalue weighted by Crippen LogP contribution is -2.11. The summed E-state index contributed by atoms with van der Waals surface area (Å²) in [5.74, 6) is -0.249. The summed E-state index contributed by atoms with van der Waals surface area (Å²) < 4.78 is 0. The smallest absolute Gasteiger partial charge is 0.217 e. The number of aromatic nitrogens is 1. The van der Waals surface area contributed by atoms with Crippen molar-refractivity contribution >= 4 is 29.2 Å². The van der Waals surface area contributed by atoms with Crippen LogP contribution >= 0.6 is 12.4 Å². The van der Waals surface area contributed by atoms with Crippen LogP contribution in [-0.2, 0) is 11.2 Å². The number of aryl methyl sites for hydroxylation is 2. The Morgan fingerprint density at radius 1 is 1.44 bits per heavy atom. The number of nitrogens with one attached hydrogen (secondary N) is 1. The number of carbonyl (C=O) groups is 1. The first-order chi connectivity index (χ1) is 7.16. The highest BCUT2D eigenvalue weighted by atomic mass is 35.5. The molecule has 1 heterocycles. The first kappa shape index (κ1) is 12.6. The Morgan fingerprint density at radius 3 is 2.88 bits per heavy atom. The number of amides is 1. The van der Waals surface area contributed by atoms with E-state index in [0.717, 1.165) is 17.5 Å². The second-order valence-corrected chi connectivity index (χ2v) is 3.82. The molecule has 0 fully saturated rings. The monoisotopic (exact) mass is 238 g/mol. The maximum absolute atomic E-state index is 10.7. The molecule has 2 rings (SSSR count). The second-order valence-electron chi connectivity index (χ2n) is 3.82. The van der Waals surface area contributed by atoms with Crippen molar-refractivity contribution in [3.8, 4) is 0 Å². The van der Waals surface area contributed by atoms with Gasteiger partial charge in [-0.05, 0) is 36.6 Å². The predicted octanol–water partition coefficient (Wildman–Crippen LogP) is 2.32. The van der Waals surface area contributed by atoms with E-state index in [4.69, 9.17) is 5.73 Å². The number of fused-ring (bicyclic) bond motifs is 1. The number of rotatable bonds is 3. The van der Waals surface area contributed by atoms with Crippen molar-refractivity contribution in [3.63, 3.8) is 0 Å². The largest absolute Gasteiger partial charge is 0.370 e. The third-order valence-electron chi connectivity index (χ3n) is 2.61. The lowest BCUT2D eigenvalue weighted by molar-refractivity contribution is -0.117. The third kappa shape index (κ3) is 2.55. The number of primary amides is 1. The van der Waals surface area contributed by atoms with Gasteiger partial charge in [-0.1, -0.05) is 6.07 Å². The number of hydrogen-bond donors (Lipinski definition) is 2. The van der Waals surface area contributed by atoms with Crippen LogP contribution in [-0.4, -0.2) is 10.9 Å². The Bertz CT molecular complexity index is 505. The first-order valence-electron chi connectivity index (χ1n) is 5.02. The molecule has 0 atom stereocenters. The maximum Gasteiger partial charge on any atom is 0.217 e. The quantitative estimate of drug-likeness (QED) is 0.847. The number of benzene rings is 1. The highest BCUT2D eigenvalue weighted by Gasteiger charge is 2.02. The summed E-state index contributed by atoms with van der Waals surface area (Å²) in [5, 5.41) is 1.22.